The number of anilines is 2. The molecule has 2 fully saturated rings. The molecule has 1 unspecified atom stereocenters. The summed E-state index contributed by atoms with van der Waals surface area (Å²) in [5.74, 6) is -0.648. The van der Waals surface area contributed by atoms with Gasteiger partial charge in [-0.15, -0.1) is 0 Å². The van der Waals surface area contributed by atoms with Crippen molar-refractivity contribution < 1.29 is 14.7 Å². The Hall–Kier alpha value is -2.86. The maximum absolute atomic E-state index is 12.5. The van der Waals surface area contributed by atoms with E-state index in [1.54, 1.807) is 24.3 Å². The molecule has 2 aliphatic rings. The van der Waals surface area contributed by atoms with Crippen LogP contribution in [0, 0.1) is 12.8 Å². The van der Waals surface area contributed by atoms with E-state index in [0.29, 0.717) is 17.2 Å². The predicted octanol–water partition coefficient (Wildman–Crippen LogP) is 4.26. The van der Waals surface area contributed by atoms with Crippen LogP contribution in [0.2, 0.25) is 0 Å². The fourth-order valence-corrected chi connectivity index (χ4v) is 4.73. The van der Waals surface area contributed by atoms with Crippen LogP contribution in [-0.4, -0.2) is 54.6 Å². The molecule has 0 spiro atoms. The van der Waals surface area contributed by atoms with Gasteiger partial charge in [0.15, 0.2) is 0 Å². The van der Waals surface area contributed by atoms with Gasteiger partial charge in [-0.05, 0) is 81.9 Å². The first-order chi connectivity index (χ1) is 15.0. The Kier molecular flexibility index (Phi) is 6.56. The fourth-order valence-electron chi connectivity index (χ4n) is 4.73. The molecule has 0 aromatic heterocycles. The molecule has 6 nitrogen and oxygen atoms in total. The number of likely N-dealkylation sites (tertiary alicyclic amines) is 1. The smallest absolute Gasteiger partial charge is 0.337 e. The molecule has 2 aromatic carbocycles. The Morgan fingerprint density at radius 2 is 1.77 bits per heavy atom. The number of carboxylic acid groups (broad SMARTS) is 1. The summed E-state index contributed by atoms with van der Waals surface area (Å²) in [6.07, 6.45) is 4.84. The SMILES string of the molecule is Cc1ccc(C(=O)Nc2ccc(N3CCCC(CN4CCCC4)C3)c(C(=O)O)c2)cc1. The van der Waals surface area contributed by atoms with Gasteiger partial charge in [-0.1, -0.05) is 17.7 Å². The number of hydrogen-bond acceptors (Lipinski definition) is 4. The van der Waals surface area contributed by atoms with Gasteiger partial charge in [0, 0.05) is 30.9 Å². The second-order valence-corrected chi connectivity index (χ2v) is 8.82. The van der Waals surface area contributed by atoms with E-state index in [-0.39, 0.29) is 11.5 Å². The van der Waals surface area contributed by atoms with Gasteiger partial charge in [-0.3, -0.25) is 4.79 Å². The molecule has 164 valence electrons. The number of nitrogens with one attached hydrogen (secondary N) is 1. The second-order valence-electron chi connectivity index (χ2n) is 8.82. The van der Waals surface area contributed by atoms with Crippen molar-refractivity contribution in [1.82, 2.24) is 4.90 Å². The highest BCUT2D eigenvalue weighted by atomic mass is 16.4. The maximum Gasteiger partial charge on any atom is 0.337 e. The van der Waals surface area contributed by atoms with Crippen LogP contribution >= 0.6 is 0 Å². The molecular weight excluding hydrogens is 390 g/mol. The summed E-state index contributed by atoms with van der Waals surface area (Å²) < 4.78 is 0. The molecule has 4 rings (SSSR count). The molecule has 2 aromatic rings. The molecule has 0 aliphatic carbocycles. The van der Waals surface area contributed by atoms with Crippen LogP contribution in [0.3, 0.4) is 0 Å². The lowest BCUT2D eigenvalue weighted by atomic mass is 9.96. The van der Waals surface area contributed by atoms with Gasteiger partial charge >= 0.3 is 5.97 Å². The third-order valence-corrected chi connectivity index (χ3v) is 6.37. The van der Waals surface area contributed by atoms with Crippen molar-refractivity contribution in [3.63, 3.8) is 0 Å². The predicted molar refractivity (Wildman–Crippen MR) is 123 cm³/mol. The number of rotatable bonds is 6. The third-order valence-electron chi connectivity index (χ3n) is 6.37. The van der Waals surface area contributed by atoms with Crippen LogP contribution in [0.25, 0.3) is 0 Å². The number of aromatic carboxylic acids is 1. The minimum absolute atomic E-state index is 0.239. The van der Waals surface area contributed by atoms with Gasteiger partial charge in [0.05, 0.1) is 11.3 Å². The topological polar surface area (TPSA) is 72.9 Å². The zero-order chi connectivity index (χ0) is 21.8. The first-order valence-electron chi connectivity index (χ1n) is 11.2. The van der Waals surface area contributed by atoms with Crippen molar-refractivity contribution in [3.8, 4) is 0 Å². The molecule has 2 aliphatic heterocycles. The Bertz CT molecular complexity index is 936. The molecule has 1 atom stereocenters. The Morgan fingerprint density at radius 1 is 1.03 bits per heavy atom. The third kappa shape index (κ3) is 5.25. The van der Waals surface area contributed by atoms with Crippen molar-refractivity contribution in [1.29, 1.82) is 0 Å². The number of carbonyl (C=O) groups excluding carboxylic acids is 1. The number of carboxylic acids is 1. The van der Waals surface area contributed by atoms with Crippen molar-refractivity contribution >= 4 is 23.3 Å². The molecule has 0 radical (unpaired) electrons. The van der Waals surface area contributed by atoms with Crippen LogP contribution < -0.4 is 10.2 Å². The highest BCUT2D eigenvalue weighted by molar-refractivity contribution is 6.05. The minimum atomic E-state index is -0.969. The number of aryl methyl sites for hydroxylation is 1. The van der Waals surface area contributed by atoms with Gasteiger partial charge in [0.2, 0.25) is 0 Å². The number of piperidine rings is 1. The van der Waals surface area contributed by atoms with E-state index in [1.807, 2.05) is 25.1 Å². The second kappa shape index (κ2) is 9.52. The first-order valence-corrected chi connectivity index (χ1v) is 11.2. The van der Waals surface area contributed by atoms with Gasteiger partial charge in [0.25, 0.3) is 5.91 Å². The number of amides is 1. The lowest BCUT2D eigenvalue weighted by Gasteiger charge is -2.36. The van der Waals surface area contributed by atoms with Gasteiger partial charge in [0.1, 0.15) is 0 Å². The summed E-state index contributed by atoms with van der Waals surface area (Å²) in [6, 6.07) is 12.5. The molecule has 2 saturated heterocycles. The van der Waals surface area contributed by atoms with Crippen molar-refractivity contribution in [2.75, 3.05) is 42.9 Å². The van der Waals surface area contributed by atoms with Gasteiger partial charge in [-0.25, -0.2) is 4.79 Å². The molecular formula is C25H31N3O3. The number of benzene rings is 2. The quantitative estimate of drug-likeness (QED) is 0.729. The molecule has 1 amide bonds. The molecule has 0 bridgehead atoms. The fraction of sp³-hybridized carbons (Fsp3) is 0.440. The maximum atomic E-state index is 12.5. The summed E-state index contributed by atoms with van der Waals surface area (Å²) in [6.45, 7) is 7.19. The molecule has 2 heterocycles. The van der Waals surface area contributed by atoms with Crippen molar-refractivity contribution in [3.05, 3.63) is 59.2 Å². The van der Waals surface area contributed by atoms with Crippen LogP contribution in [0.4, 0.5) is 11.4 Å². The van der Waals surface area contributed by atoms with Crippen LogP contribution in [-0.2, 0) is 0 Å². The standard InChI is InChI=1S/C25H31N3O3/c1-18-6-8-20(9-7-18)24(29)26-21-10-11-23(22(15-21)25(30)31)28-14-4-5-19(17-28)16-27-12-2-3-13-27/h6-11,15,19H,2-5,12-14,16-17H2,1H3,(H,26,29)(H,30,31). The average Bonchev–Trinajstić information content (AvgIpc) is 3.27. The molecule has 31 heavy (non-hydrogen) atoms. The van der Waals surface area contributed by atoms with E-state index in [1.165, 1.54) is 32.4 Å². The zero-order valence-electron chi connectivity index (χ0n) is 18.1. The summed E-state index contributed by atoms with van der Waals surface area (Å²) >= 11 is 0. The number of hydrogen-bond donors (Lipinski definition) is 2. The van der Waals surface area contributed by atoms with E-state index < -0.39 is 5.97 Å². The summed E-state index contributed by atoms with van der Waals surface area (Å²) in [5.41, 5.74) is 3.11. The largest absolute Gasteiger partial charge is 0.478 e. The molecule has 0 saturated carbocycles. The normalized spacial score (nSPS) is 19.4. The van der Waals surface area contributed by atoms with E-state index in [9.17, 15) is 14.7 Å². The van der Waals surface area contributed by atoms with E-state index in [4.69, 9.17) is 0 Å². The van der Waals surface area contributed by atoms with Crippen molar-refractivity contribution in [2.24, 2.45) is 5.92 Å². The molecule has 2 N–H and O–H groups in total. The summed E-state index contributed by atoms with van der Waals surface area (Å²) in [4.78, 5) is 29.3. The van der Waals surface area contributed by atoms with E-state index >= 15 is 0 Å². The van der Waals surface area contributed by atoms with Crippen LogP contribution in [0.1, 0.15) is 52.0 Å². The number of carbonyl (C=O) groups is 2. The Balaban J connectivity index is 1.48. The van der Waals surface area contributed by atoms with E-state index in [0.717, 1.165) is 37.3 Å². The highest BCUT2D eigenvalue weighted by Crippen LogP contribution is 2.30. The Morgan fingerprint density at radius 3 is 2.48 bits per heavy atom. The minimum Gasteiger partial charge on any atom is -0.478 e. The lowest BCUT2D eigenvalue weighted by molar-refractivity contribution is 0.0697. The number of nitrogens with zero attached hydrogens (tertiary/aromatic N) is 2. The lowest BCUT2D eigenvalue weighted by Crippen LogP contribution is -2.41. The van der Waals surface area contributed by atoms with Gasteiger partial charge in [-0.2, -0.15) is 0 Å². The monoisotopic (exact) mass is 421 g/mol. The molecule has 6 heteroatoms. The van der Waals surface area contributed by atoms with Crippen molar-refractivity contribution in [2.45, 2.75) is 32.6 Å². The van der Waals surface area contributed by atoms with Crippen LogP contribution in [0.5, 0.6) is 0 Å². The van der Waals surface area contributed by atoms with Gasteiger partial charge < -0.3 is 20.2 Å². The highest BCUT2D eigenvalue weighted by Gasteiger charge is 2.26. The van der Waals surface area contributed by atoms with Crippen LogP contribution in [0.15, 0.2) is 42.5 Å². The zero-order valence-corrected chi connectivity index (χ0v) is 18.1. The Labute approximate surface area is 183 Å². The summed E-state index contributed by atoms with van der Waals surface area (Å²) in [7, 11) is 0. The average molecular weight is 422 g/mol. The first kappa shape index (κ1) is 21.4. The van der Waals surface area contributed by atoms with E-state index in [2.05, 4.69) is 15.1 Å². The summed E-state index contributed by atoms with van der Waals surface area (Å²) in [5, 5.41) is 12.7.